The van der Waals surface area contributed by atoms with E-state index in [2.05, 4.69) is 4.90 Å². The topological polar surface area (TPSA) is 3.24 Å². The standard InChI is InChI=1S/C12H19N/c1-11(9-10-13(2)3)12-7-5-4-6-8-12/h4-8,11H,9-10H2,1-3H3/t11-/m1/s1/i11D. The summed E-state index contributed by atoms with van der Waals surface area (Å²) in [6.45, 7) is 2.93. The molecule has 0 bridgehead atoms. The maximum atomic E-state index is 8.23. The van der Waals surface area contributed by atoms with Crippen molar-refractivity contribution in [2.24, 2.45) is 0 Å². The molecule has 1 nitrogen and oxygen atoms in total. The molecule has 72 valence electrons. The van der Waals surface area contributed by atoms with E-state index in [-0.39, 0.29) is 0 Å². The van der Waals surface area contributed by atoms with E-state index in [1.165, 1.54) is 0 Å². The van der Waals surface area contributed by atoms with Crippen LogP contribution in [0.4, 0.5) is 0 Å². The van der Waals surface area contributed by atoms with E-state index in [1.54, 1.807) is 0 Å². The second kappa shape index (κ2) is 5.03. The highest BCUT2D eigenvalue weighted by Crippen LogP contribution is 2.17. The summed E-state index contributed by atoms with van der Waals surface area (Å²) in [5.74, 6) is -0.467. The van der Waals surface area contributed by atoms with E-state index >= 15 is 0 Å². The van der Waals surface area contributed by atoms with Crippen LogP contribution >= 0.6 is 0 Å². The first-order valence-electron chi connectivity index (χ1n) is 5.22. The molecule has 0 aliphatic heterocycles. The van der Waals surface area contributed by atoms with Crippen LogP contribution in [0.15, 0.2) is 30.3 Å². The first kappa shape index (κ1) is 8.76. The fourth-order valence-electron chi connectivity index (χ4n) is 1.26. The van der Waals surface area contributed by atoms with Crippen LogP contribution in [0.1, 0.15) is 26.2 Å². The molecule has 1 aromatic carbocycles. The fraction of sp³-hybridized carbons (Fsp3) is 0.500. The molecule has 1 rings (SSSR count). The number of nitrogens with zero attached hydrogens (tertiary/aromatic N) is 1. The Kier molecular flexibility index (Phi) is 3.39. The molecule has 0 amide bonds. The second-order valence-electron chi connectivity index (χ2n) is 3.70. The van der Waals surface area contributed by atoms with Gasteiger partial charge in [0.05, 0.1) is 0 Å². The summed E-state index contributed by atoms with van der Waals surface area (Å²) >= 11 is 0. The van der Waals surface area contributed by atoms with Gasteiger partial charge in [-0.25, -0.2) is 0 Å². The van der Waals surface area contributed by atoms with Crippen LogP contribution in [0.3, 0.4) is 0 Å². The number of rotatable bonds is 4. The summed E-state index contributed by atoms with van der Waals surface area (Å²) in [5.41, 5.74) is 1.10. The Balaban J connectivity index is 2.66. The first-order valence-corrected chi connectivity index (χ1v) is 4.72. The Morgan fingerprint density at radius 1 is 1.31 bits per heavy atom. The third kappa shape index (κ3) is 3.60. The maximum absolute atomic E-state index is 8.23. The van der Waals surface area contributed by atoms with Gasteiger partial charge in [-0.05, 0) is 38.5 Å². The van der Waals surface area contributed by atoms with Crippen molar-refractivity contribution < 1.29 is 1.37 Å². The average molecular weight is 178 g/mol. The van der Waals surface area contributed by atoms with Crippen LogP contribution in [-0.2, 0) is 0 Å². The average Bonchev–Trinajstić information content (AvgIpc) is 2.16. The lowest BCUT2D eigenvalue weighted by atomic mass is 9.98. The molecule has 0 saturated heterocycles. The summed E-state index contributed by atoms with van der Waals surface area (Å²) in [6.07, 6.45) is 0.865. The van der Waals surface area contributed by atoms with Crippen LogP contribution < -0.4 is 0 Å². The Hall–Kier alpha value is -0.820. The molecule has 0 heterocycles. The minimum Gasteiger partial charge on any atom is -0.309 e. The van der Waals surface area contributed by atoms with Crippen LogP contribution in [0.5, 0.6) is 0 Å². The van der Waals surface area contributed by atoms with Crippen molar-refractivity contribution in [3.63, 3.8) is 0 Å². The molecule has 0 aliphatic rings. The van der Waals surface area contributed by atoms with E-state index in [4.69, 9.17) is 1.37 Å². The van der Waals surface area contributed by atoms with Crippen LogP contribution in [0.2, 0.25) is 0 Å². The molecule has 0 radical (unpaired) electrons. The monoisotopic (exact) mass is 178 g/mol. The number of benzene rings is 1. The summed E-state index contributed by atoms with van der Waals surface area (Å²) in [4.78, 5) is 2.12. The van der Waals surface area contributed by atoms with Crippen LogP contribution in [0.25, 0.3) is 0 Å². The molecule has 0 N–H and O–H groups in total. The molecular weight excluding hydrogens is 158 g/mol. The summed E-state index contributed by atoms with van der Waals surface area (Å²) < 4.78 is 8.23. The SMILES string of the molecule is [2H][C@@](C)(CCN(C)C)c1ccccc1. The van der Waals surface area contributed by atoms with Crippen molar-refractivity contribution in [3.8, 4) is 0 Å². The molecule has 0 aromatic heterocycles. The smallest absolute Gasteiger partial charge is 0.0350 e. The van der Waals surface area contributed by atoms with Crippen molar-refractivity contribution in [2.45, 2.75) is 19.2 Å². The highest BCUT2D eigenvalue weighted by Gasteiger charge is 2.04. The van der Waals surface area contributed by atoms with Gasteiger partial charge in [0.1, 0.15) is 0 Å². The normalized spacial score (nSPS) is 16.8. The third-order valence-corrected chi connectivity index (χ3v) is 2.20. The summed E-state index contributed by atoms with van der Waals surface area (Å²) in [5, 5.41) is 0. The zero-order chi connectivity index (χ0) is 10.6. The highest BCUT2D eigenvalue weighted by atomic mass is 15.0. The third-order valence-electron chi connectivity index (χ3n) is 2.20. The zero-order valence-electron chi connectivity index (χ0n) is 9.75. The van der Waals surface area contributed by atoms with E-state index in [0.29, 0.717) is 0 Å². The van der Waals surface area contributed by atoms with Gasteiger partial charge in [0.15, 0.2) is 0 Å². The summed E-state index contributed by atoms with van der Waals surface area (Å²) in [6, 6.07) is 10.0. The van der Waals surface area contributed by atoms with Gasteiger partial charge in [-0.3, -0.25) is 0 Å². The minimum atomic E-state index is -0.467. The predicted molar refractivity (Wildman–Crippen MR) is 58.0 cm³/mol. The zero-order valence-corrected chi connectivity index (χ0v) is 8.75. The van der Waals surface area contributed by atoms with Crippen molar-refractivity contribution in [1.29, 1.82) is 0 Å². The number of hydrogen-bond donors (Lipinski definition) is 0. The lowest BCUT2D eigenvalue weighted by molar-refractivity contribution is 0.386. The molecule has 0 spiro atoms. The van der Waals surface area contributed by atoms with Gasteiger partial charge in [-0.2, -0.15) is 0 Å². The van der Waals surface area contributed by atoms with Crippen molar-refractivity contribution >= 4 is 0 Å². The van der Waals surface area contributed by atoms with E-state index in [0.717, 1.165) is 18.5 Å². The molecule has 1 aromatic rings. The Bertz CT molecular complexity index is 267. The molecule has 0 fully saturated rings. The quantitative estimate of drug-likeness (QED) is 0.685. The summed E-state index contributed by atoms with van der Waals surface area (Å²) in [7, 11) is 4.09. The van der Waals surface area contributed by atoms with Gasteiger partial charge in [-0.1, -0.05) is 37.3 Å². The highest BCUT2D eigenvalue weighted by molar-refractivity contribution is 5.18. The van der Waals surface area contributed by atoms with Gasteiger partial charge in [-0.15, -0.1) is 0 Å². The van der Waals surface area contributed by atoms with Gasteiger partial charge in [0.25, 0.3) is 0 Å². The van der Waals surface area contributed by atoms with Crippen LogP contribution in [-0.4, -0.2) is 25.5 Å². The van der Waals surface area contributed by atoms with Crippen molar-refractivity contribution in [3.05, 3.63) is 35.9 Å². The molecule has 1 atom stereocenters. The van der Waals surface area contributed by atoms with E-state index in [9.17, 15) is 0 Å². The molecule has 0 saturated carbocycles. The van der Waals surface area contributed by atoms with Crippen molar-refractivity contribution in [2.75, 3.05) is 20.6 Å². The largest absolute Gasteiger partial charge is 0.309 e. The Morgan fingerprint density at radius 2 is 1.92 bits per heavy atom. The molecule has 0 aliphatic carbocycles. The van der Waals surface area contributed by atoms with E-state index in [1.807, 2.05) is 51.4 Å². The second-order valence-corrected chi connectivity index (χ2v) is 3.70. The lowest BCUT2D eigenvalue weighted by Gasteiger charge is -2.15. The van der Waals surface area contributed by atoms with Gasteiger partial charge in [0, 0.05) is 1.37 Å². The molecule has 0 unspecified atom stereocenters. The molecule has 1 heteroatoms. The van der Waals surface area contributed by atoms with Gasteiger partial charge in [0.2, 0.25) is 0 Å². The fourth-order valence-corrected chi connectivity index (χ4v) is 1.26. The number of hydrogen-bond acceptors (Lipinski definition) is 1. The van der Waals surface area contributed by atoms with Crippen molar-refractivity contribution in [1.82, 2.24) is 4.90 Å². The van der Waals surface area contributed by atoms with Gasteiger partial charge < -0.3 is 4.90 Å². The minimum absolute atomic E-state index is 0.467. The van der Waals surface area contributed by atoms with Crippen LogP contribution in [0, 0.1) is 0 Å². The Morgan fingerprint density at radius 3 is 2.46 bits per heavy atom. The Labute approximate surface area is 82.8 Å². The maximum Gasteiger partial charge on any atom is 0.0350 e. The lowest BCUT2D eigenvalue weighted by Crippen LogP contribution is -2.14. The first-order chi connectivity index (χ1) is 6.52. The van der Waals surface area contributed by atoms with E-state index < -0.39 is 5.89 Å². The molecular formula is C12H19N. The van der Waals surface area contributed by atoms with Gasteiger partial charge >= 0.3 is 0 Å². The molecule has 13 heavy (non-hydrogen) atoms. The predicted octanol–water partition coefficient (Wildman–Crippen LogP) is 2.74.